The van der Waals surface area contributed by atoms with Crippen molar-refractivity contribution in [3.05, 3.63) is 108 Å². The monoisotopic (exact) mass is 480 g/mol. The van der Waals surface area contributed by atoms with Gasteiger partial charge in [-0.1, -0.05) is 91.0 Å². The summed E-state index contributed by atoms with van der Waals surface area (Å²) in [5, 5.41) is 33.5. The highest BCUT2D eigenvalue weighted by Crippen LogP contribution is 2.45. The Morgan fingerprint density at radius 2 is 1.23 bits per heavy atom. The molecule has 0 aromatic heterocycles. The number of halogens is 1. The van der Waals surface area contributed by atoms with E-state index in [0.29, 0.717) is 0 Å². The molecule has 0 saturated carbocycles. The summed E-state index contributed by atoms with van der Waals surface area (Å²) in [6.07, 6.45) is -7.23. The third kappa shape index (κ3) is 3.99. The number of ether oxygens (including phenoxy) is 1. The van der Waals surface area contributed by atoms with Crippen molar-refractivity contribution in [2.24, 2.45) is 0 Å². The number of hydrogen-bond acceptors (Lipinski definition) is 8. The van der Waals surface area contributed by atoms with E-state index >= 15 is 0 Å². The van der Waals surface area contributed by atoms with Crippen LogP contribution in [0.3, 0.4) is 0 Å². The molecule has 35 heavy (non-hydrogen) atoms. The standard InChI is InChI=1S/C26H21FO8/c27-35-26(22(31)18-14-8-3-9-15-18)24(32)25(33,21(30)17-12-6-2-7-13-17)23(34-26)20(29)19(28)16-10-4-1-5-11-16/h1-15,20,23-24,29,32-33H/t20?,23-,24-,25-,26+/m0/s1. The van der Waals surface area contributed by atoms with Crippen molar-refractivity contribution in [2.45, 2.75) is 29.7 Å². The highest BCUT2D eigenvalue weighted by atomic mass is 19.3. The minimum absolute atomic E-state index is 0.0133. The van der Waals surface area contributed by atoms with Crippen molar-refractivity contribution >= 4 is 17.3 Å². The summed E-state index contributed by atoms with van der Waals surface area (Å²) in [5.41, 5.74) is -3.49. The van der Waals surface area contributed by atoms with E-state index in [1.807, 2.05) is 0 Å². The van der Waals surface area contributed by atoms with Crippen LogP contribution in [-0.2, 0) is 9.68 Å². The molecule has 1 fully saturated rings. The molecule has 180 valence electrons. The lowest BCUT2D eigenvalue weighted by molar-refractivity contribution is -0.331. The van der Waals surface area contributed by atoms with Gasteiger partial charge < -0.3 is 20.1 Å². The molecule has 3 aromatic carbocycles. The minimum atomic E-state index is -3.25. The highest BCUT2D eigenvalue weighted by molar-refractivity contribution is 6.09. The van der Waals surface area contributed by atoms with Gasteiger partial charge in [-0.15, -0.1) is 4.94 Å². The molecule has 5 atom stereocenters. The summed E-state index contributed by atoms with van der Waals surface area (Å²) in [6.45, 7) is 0. The van der Waals surface area contributed by atoms with Gasteiger partial charge in [0.05, 0.1) is 0 Å². The van der Waals surface area contributed by atoms with Gasteiger partial charge in [-0.25, -0.2) is 0 Å². The Kier molecular flexibility index (Phi) is 6.70. The van der Waals surface area contributed by atoms with Crippen LogP contribution in [0.4, 0.5) is 4.53 Å². The fourth-order valence-electron chi connectivity index (χ4n) is 4.14. The molecule has 0 spiro atoms. The Labute approximate surface area is 199 Å². The first-order valence-corrected chi connectivity index (χ1v) is 10.6. The molecule has 3 N–H and O–H groups in total. The molecule has 3 aromatic rings. The zero-order valence-corrected chi connectivity index (χ0v) is 18.2. The number of Topliss-reactive ketones (excluding diaryl/α,β-unsaturated/α-hetero) is 3. The molecule has 8 nitrogen and oxygen atoms in total. The number of carbonyl (C=O) groups is 3. The largest absolute Gasteiger partial charge is 0.383 e. The first-order chi connectivity index (χ1) is 16.8. The average Bonchev–Trinajstić information content (AvgIpc) is 3.16. The van der Waals surface area contributed by atoms with Gasteiger partial charge in [0.25, 0.3) is 0 Å². The Morgan fingerprint density at radius 1 is 0.800 bits per heavy atom. The second kappa shape index (κ2) is 9.57. The van der Waals surface area contributed by atoms with Gasteiger partial charge in [0.15, 0.2) is 23.3 Å². The average molecular weight is 480 g/mol. The van der Waals surface area contributed by atoms with Crippen molar-refractivity contribution < 1.29 is 43.9 Å². The molecule has 1 aliphatic heterocycles. The molecular weight excluding hydrogens is 459 g/mol. The molecule has 1 aliphatic rings. The Bertz CT molecular complexity index is 1220. The zero-order valence-electron chi connectivity index (χ0n) is 18.2. The van der Waals surface area contributed by atoms with Gasteiger partial charge in [-0.05, 0) is 4.53 Å². The summed E-state index contributed by atoms with van der Waals surface area (Å²) >= 11 is 0. The lowest BCUT2D eigenvalue weighted by Crippen LogP contribution is -2.61. The van der Waals surface area contributed by atoms with E-state index in [4.69, 9.17) is 4.74 Å². The first kappa shape index (κ1) is 24.5. The van der Waals surface area contributed by atoms with Crippen molar-refractivity contribution in [3.63, 3.8) is 0 Å². The predicted molar refractivity (Wildman–Crippen MR) is 119 cm³/mol. The summed E-state index contributed by atoms with van der Waals surface area (Å²) < 4.78 is 19.5. The number of aliphatic hydroxyl groups excluding tert-OH is 2. The Balaban J connectivity index is 1.84. The summed E-state index contributed by atoms with van der Waals surface area (Å²) in [5.74, 6) is -6.73. The molecule has 0 aliphatic carbocycles. The van der Waals surface area contributed by atoms with Crippen LogP contribution in [0.15, 0.2) is 91.0 Å². The van der Waals surface area contributed by atoms with Crippen LogP contribution in [-0.4, -0.2) is 62.4 Å². The van der Waals surface area contributed by atoms with Gasteiger partial charge in [0, 0.05) is 16.7 Å². The normalized spacial score (nSPS) is 26.7. The minimum Gasteiger partial charge on any atom is -0.383 e. The maximum Gasteiger partial charge on any atom is 0.300 e. The molecule has 0 radical (unpaired) electrons. The van der Waals surface area contributed by atoms with E-state index in [2.05, 4.69) is 4.94 Å². The molecular formula is C26H21FO8. The number of hydrogen-bond donors (Lipinski definition) is 3. The van der Waals surface area contributed by atoms with Crippen LogP contribution in [0.2, 0.25) is 0 Å². The van der Waals surface area contributed by atoms with E-state index in [1.54, 1.807) is 18.2 Å². The number of benzene rings is 3. The van der Waals surface area contributed by atoms with Gasteiger partial charge in [0.2, 0.25) is 5.78 Å². The SMILES string of the molecule is O=C(c1ccccc1)C(O)[C@@H]1O[C@@](OF)(C(=O)c2ccccc2)[C@@H](O)[C@]1(O)C(=O)c1ccccc1. The van der Waals surface area contributed by atoms with Gasteiger partial charge in [0.1, 0.15) is 12.2 Å². The zero-order chi connectivity index (χ0) is 25.2. The van der Waals surface area contributed by atoms with Crippen molar-refractivity contribution in [1.29, 1.82) is 0 Å². The Hall–Kier alpha value is -3.60. The fourth-order valence-corrected chi connectivity index (χ4v) is 4.14. The molecule has 9 heteroatoms. The van der Waals surface area contributed by atoms with E-state index in [1.165, 1.54) is 72.8 Å². The molecule has 0 bridgehead atoms. The van der Waals surface area contributed by atoms with Crippen LogP contribution in [0, 0.1) is 0 Å². The molecule has 0 amide bonds. The van der Waals surface area contributed by atoms with E-state index in [-0.39, 0.29) is 16.7 Å². The molecule has 4 rings (SSSR count). The third-order valence-electron chi connectivity index (χ3n) is 5.99. The lowest BCUT2D eigenvalue weighted by atomic mass is 9.78. The summed E-state index contributed by atoms with van der Waals surface area (Å²) in [6, 6.07) is 21.5. The molecule has 1 unspecified atom stereocenters. The van der Waals surface area contributed by atoms with Crippen molar-refractivity contribution in [2.75, 3.05) is 0 Å². The molecule has 1 heterocycles. The summed E-state index contributed by atoms with van der Waals surface area (Å²) in [7, 11) is 0. The molecule has 1 saturated heterocycles. The van der Waals surface area contributed by atoms with Crippen molar-refractivity contribution in [1.82, 2.24) is 0 Å². The number of aliphatic hydroxyl groups is 3. The van der Waals surface area contributed by atoms with Crippen LogP contribution < -0.4 is 0 Å². The van der Waals surface area contributed by atoms with E-state index in [0.717, 1.165) is 0 Å². The topological polar surface area (TPSA) is 130 Å². The van der Waals surface area contributed by atoms with Gasteiger partial charge >= 0.3 is 5.79 Å². The number of rotatable bonds is 8. The first-order valence-electron chi connectivity index (χ1n) is 10.6. The Morgan fingerprint density at radius 3 is 1.69 bits per heavy atom. The second-order valence-electron chi connectivity index (χ2n) is 8.08. The van der Waals surface area contributed by atoms with Crippen molar-refractivity contribution in [3.8, 4) is 0 Å². The summed E-state index contributed by atoms with van der Waals surface area (Å²) in [4.78, 5) is 43.4. The van der Waals surface area contributed by atoms with Crippen LogP contribution >= 0.6 is 0 Å². The maximum atomic E-state index is 14.1. The lowest BCUT2D eigenvalue weighted by Gasteiger charge is -2.31. The van der Waals surface area contributed by atoms with E-state index in [9.17, 15) is 34.2 Å². The quantitative estimate of drug-likeness (QED) is 0.418. The third-order valence-corrected chi connectivity index (χ3v) is 5.99. The van der Waals surface area contributed by atoms with E-state index < -0.39 is 47.0 Å². The highest BCUT2D eigenvalue weighted by Gasteiger charge is 2.73. The maximum absolute atomic E-state index is 14.1. The predicted octanol–water partition coefficient (Wildman–Crippen LogP) is 2.08. The van der Waals surface area contributed by atoms with Crippen LogP contribution in [0.1, 0.15) is 31.1 Å². The van der Waals surface area contributed by atoms with Crippen LogP contribution in [0.5, 0.6) is 0 Å². The van der Waals surface area contributed by atoms with Gasteiger partial charge in [-0.3, -0.25) is 14.4 Å². The van der Waals surface area contributed by atoms with Crippen LogP contribution in [0.25, 0.3) is 0 Å². The number of carbonyl (C=O) groups excluding carboxylic acids is 3. The second-order valence-corrected chi connectivity index (χ2v) is 8.08. The number of ketones is 3. The smallest absolute Gasteiger partial charge is 0.300 e. The fraction of sp³-hybridized carbons (Fsp3) is 0.192. The van der Waals surface area contributed by atoms with Gasteiger partial charge in [-0.2, -0.15) is 0 Å².